The van der Waals surface area contributed by atoms with Gasteiger partial charge in [-0.1, -0.05) is 0 Å². The van der Waals surface area contributed by atoms with Crippen molar-refractivity contribution in [3.63, 3.8) is 0 Å². The molecule has 2 heterocycles. The third kappa shape index (κ3) is 1.65. The smallest absolute Gasteiger partial charge is 0.151 e. The van der Waals surface area contributed by atoms with Crippen molar-refractivity contribution in [1.82, 2.24) is 9.38 Å². The zero-order chi connectivity index (χ0) is 7.84. The summed E-state index contributed by atoms with van der Waals surface area (Å²) in [5.74, 6) is 0. The van der Waals surface area contributed by atoms with Crippen molar-refractivity contribution in [2.45, 2.75) is 0 Å². The van der Waals surface area contributed by atoms with Gasteiger partial charge in [0, 0.05) is 23.1 Å². The van der Waals surface area contributed by atoms with E-state index in [0.29, 0.717) is 0 Å². The van der Waals surface area contributed by atoms with Crippen LogP contribution in [0.15, 0.2) is 33.6 Å². The second-order valence-corrected chi connectivity index (χ2v) is 3.93. The van der Waals surface area contributed by atoms with Crippen molar-refractivity contribution in [1.29, 1.82) is 0 Å². The molecule has 0 saturated heterocycles. The summed E-state index contributed by atoms with van der Waals surface area (Å²) in [4.78, 5) is 4.15. The predicted molar refractivity (Wildman–Crippen MR) is 57.8 cm³/mol. The second kappa shape index (κ2) is 3.77. The molecule has 2 rings (SSSR count). The van der Waals surface area contributed by atoms with Crippen molar-refractivity contribution in [3.05, 3.63) is 33.6 Å². The Morgan fingerprint density at radius 3 is 2.83 bits per heavy atom. The molecule has 0 amide bonds. The molecule has 0 unspecified atom stereocenters. The van der Waals surface area contributed by atoms with Gasteiger partial charge in [0.05, 0.1) is 4.47 Å². The van der Waals surface area contributed by atoms with Crippen molar-refractivity contribution in [2.75, 3.05) is 0 Å². The van der Waals surface area contributed by atoms with E-state index in [-0.39, 0.29) is 12.4 Å². The molecule has 2 aromatic rings. The standard InChI is InChI=1S/C7H4Br2N2.ClH/c8-5-3-6(9)7-10-1-2-11(7)4-5;/h1-4H;1H. The molecule has 0 bridgehead atoms. The Morgan fingerprint density at radius 2 is 2.08 bits per heavy atom. The van der Waals surface area contributed by atoms with Gasteiger partial charge in [0.15, 0.2) is 5.65 Å². The van der Waals surface area contributed by atoms with Crippen LogP contribution in [-0.4, -0.2) is 9.38 Å². The zero-order valence-electron chi connectivity index (χ0n) is 5.87. The number of hydrogen-bond acceptors (Lipinski definition) is 1. The van der Waals surface area contributed by atoms with Gasteiger partial charge in [-0.2, -0.15) is 0 Å². The van der Waals surface area contributed by atoms with E-state index in [0.717, 1.165) is 14.6 Å². The number of halogens is 3. The second-order valence-electron chi connectivity index (χ2n) is 2.16. The lowest BCUT2D eigenvalue weighted by Crippen LogP contribution is -1.83. The van der Waals surface area contributed by atoms with Crippen LogP contribution in [0.1, 0.15) is 0 Å². The fourth-order valence-corrected chi connectivity index (χ4v) is 2.27. The molecule has 0 fully saturated rings. The molecule has 0 spiro atoms. The van der Waals surface area contributed by atoms with Gasteiger partial charge in [0.1, 0.15) is 0 Å². The molecule has 2 nitrogen and oxygen atoms in total. The number of rotatable bonds is 0. The summed E-state index contributed by atoms with van der Waals surface area (Å²) >= 11 is 6.80. The summed E-state index contributed by atoms with van der Waals surface area (Å²) in [7, 11) is 0. The number of nitrogens with zero attached hydrogens (tertiary/aromatic N) is 2. The lowest BCUT2D eigenvalue weighted by Gasteiger charge is -1.96. The summed E-state index contributed by atoms with van der Waals surface area (Å²) in [6, 6.07) is 1.97. The molecule has 0 saturated carbocycles. The number of fused-ring (bicyclic) bond motifs is 1. The van der Waals surface area contributed by atoms with Gasteiger partial charge in [-0.05, 0) is 37.9 Å². The highest BCUT2D eigenvalue weighted by Crippen LogP contribution is 2.21. The fraction of sp³-hybridized carbons (Fsp3) is 0. The molecular weight excluding hydrogens is 307 g/mol. The minimum Gasteiger partial charge on any atom is -0.305 e. The van der Waals surface area contributed by atoms with Gasteiger partial charge in [-0.15, -0.1) is 12.4 Å². The number of hydrogen-bond donors (Lipinski definition) is 0. The molecule has 0 aromatic carbocycles. The highest BCUT2D eigenvalue weighted by atomic mass is 79.9. The van der Waals surface area contributed by atoms with Crippen LogP contribution >= 0.6 is 44.3 Å². The third-order valence-corrected chi connectivity index (χ3v) is 2.43. The van der Waals surface area contributed by atoms with Crippen LogP contribution in [0.4, 0.5) is 0 Å². The Kier molecular flexibility index (Phi) is 3.15. The maximum Gasteiger partial charge on any atom is 0.151 e. The van der Waals surface area contributed by atoms with Crippen LogP contribution in [0.2, 0.25) is 0 Å². The Hall–Kier alpha value is -0.0600. The largest absolute Gasteiger partial charge is 0.305 e. The van der Waals surface area contributed by atoms with Crippen LogP contribution in [0, 0.1) is 0 Å². The Morgan fingerprint density at radius 1 is 1.33 bits per heavy atom. The summed E-state index contributed by atoms with van der Waals surface area (Å²) in [5, 5.41) is 0. The maximum atomic E-state index is 4.15. The number of pyridine rings is 1. The maximum absolute atomic E-state index is 4.15. The first-order chi connectivity index (χ1) is 5.27. The van der Waals surface area contributed by atoms with Gasteiger partial charge >= 0.3 is 0 Å². The van der Waals surface area contributed by atoms with Crippen LogP contribution < -0.4 is 0 Å². The first-order valence-electron chi connectivity index (χ1n) is 3.05. The fourth-order valence-electron chi connectivity index (χ4n) is 0.958. The van der Waals surface area contributed by atoms with Gasteiger partial charge in [0.25, 0.3) is 0 Å². The van der Waals surface area contributed by atoms with Crippen molar-refractivity contribution < 1.29 is 0 Å². The molecular formula is C7H5Br2ClN2. The van der Waals surface area contributed by atoms with Gasteiger partial charge in [-0.3, -0.25) is 0 Å². The SMILES string of the molecule is Brc1cc(Br)c2nccn2c1.Cl. The molecule has 12 heavy (non-hydrogen) atoms. The normalized spacial score (nSPS) is 9.83. The van der Waals surface area contributed by atoms with Gasteiger partial charge in [0.2, 0.25) is 0 Å². The Bertz CT molecular complexity index is 399. The first kappa shape index (κ1) is 10.0. The Labute approximate surface area is 92.7 Å². The molecule has 0 aliphatic carbocycles. The van der Waals surface area contributed by atoms with Crippen LogP contribution in [0.5, 0.6) is 0 Å². The predicted octanol–water partition coefficient (Wildman–Crippen LogP) is 3.28. The molecule has 0 atom stereocenters. The third-order valence-electron chi connectivity index (χ3n) is 1.41. The molecule has 64 valence electrons. The monoisotopic (exact) mass is 310 g/mol. The summed E-state index contributed by atoms with van der Waals surface area (Å²) in [6.07, 6.45) is 5.64. The molecule has 0 N–H and O–H groups in total. The Balaban J connectivity index is 0.000000720. The van der Waals surface area contributed by atoms with E-state index >= 15 is 0 Å². The van der Waals surface area contributed by atoms with Crippen LogP contribution in [0.25, 0.3) is 5.65 Å². The van der Waals surface area contributed by atoms with E-state index < -0.39 is 0 Å². The number of imidazole rings is 1. The van der Waals surface area contributed by atoms with Crippen LogP contribution in [-0.2, 0) is 0 Å². The van der Waals surface area contributed by atoms with Crippen molar-refractivity contribution in [3.8, 4) is 0 Å². The lowest BCUT2D eigenvalue weighted by molar-refractivity contribution is 1.17. The first-order valence-corrected chi connectivity index (χ1v) is 4.64. The van der Waals surface area contributed by atoms with Crippen molar-refractivity contribution in [2.24, 2.45) is 0 Å². The van der Waals surface area contributed by atoms with Crippen LogP contribution in [0.3, 0.4) is 0 Å². The van der Waals surface area contributed by atoms with E-state index in [2.05, 4.69) is 36.8 Å². The van der Waals surface area contributed by atoms with E-state index in [1.165, 1.54) is 0 Å². The average Bonchev–Trinajstić information content (AvgIpc) is 2.34. The van der Waals surface area contributed by atoms with Gasteiger partial charge < -0.3 is 4.40 Å². The quantitative estimate of drug-likeness (QED) is 0.730. The summed E-state index contributed by atoms with van der Waals surface area (Å²) < 4.78 is 3.99. The van der Waals surface area contributed by atoms with E-state index in [9.17, 15) is 0 Å². The summed E-state index contributed by atoms with van der Waals surface area (Å²) in [5.41, 5.74) is 0.938. The minimum atomic E-state index is 0. The highest BCUT2D eigenvalue weighted by molar-refractivity contribution is 9.11. The number of aromatic nitrogens is 2. The summed E-state index contributed by atoms with van der Waals surface area (Å²) in [6.45, 7) is 0. The van der Waals surface area contributed by atoms with Crippen molar-refractivity contribution >= 4 is 49.9 Å². The zero-order valence-corrected chi connectivity index (χ0v) is 9.86. The van der Waals surface area contributed by atoms with E-state index in [1.54, 1.807) is 6.20 Å². The molecule has 0 aliphatic rings. The van der Waals surface area contributed by atoms with E-state index in [4.69, 9.17) is 0 Å². The molecule has 2 aromatic heterocycles. The molecule has 0 aliphatic heterocycles. The molecule has 5 heteroatoms. The van der Waals surface area contributed by atoms with E-state index in [1.807, 2.05) is 22.9 Å². The lowest BCUT2D eigenvalue weighted by atomic mass is 10.5. The minimum absolute atomic E-state index is 0. The molecule has 0 radical (unpaired) electrons. The highest BCUT2D eigenvalue weighted by Gasteiger charge is 1.99. The average molecular weight is 312 g/mol. The topological polar surface area (TPSA) is 17.3 Å². The van der Waals surface area contributed by atoms with Gasteiger partial charge in [-0.25, -0.2) is 4.98 Å².